The first-order valence-electron chi connectivity index (χ1n) is 6.56. The summed E-state index contributed by atoms with van der Waals surface area (Å²) in [5.74, 6) is -2.33. The summed E-state index contributed by atoms with van der Waals surface area (Å²) in [6, 6.07) is -1.59. The number of nitrogens with two attached hydrogens (primary N) is 1. The van der Waals surface area contributed by atoms with Gasteiger partial charge in [0.1, 0.15) is 11.6 Å². The van der Waals surface area contributed by atoms with Gasteiger partial charge < -0.3 is 30.8 Å². The Bertz CT molecular complexity index is 700. The normalized spacial score (nSPS) is 15.1. The number of aryl methyl sites for hydroxylation is 1. The first-order valence-corrected chi connectivity index (χ1v) is 8.09. The molecule has 2 atom stereocenters. The quantitative estimate of drug-likeness (QED) is 0.203. The number of aliphatic imine (C=N–C) groups is 1. The van der Waals surface area contributed by atoms with E-state index < -0.39 is 44.1 Å². The van der Waals surface area contributed by atoms with E-state index in [0.717, 1.165) is 6.20 Å². The lowest BCUT2D eigenvalue weighted by Crippen LogP contribution is -2.33. The van der Waals surface area contributed by atoms with Crippen molar-refractivity contribution in [2.24, 2.45) is 10.7 Å². The summed E-state index contributed by atoms with van der Waals surface area (Å²) >= 11 is 0. The van der Waals surface area contributed by atoms with Crippen LogP contribution in [0, 0.1) is 6.92 Å². The zero-order valence-electron chi connectivity index (χ0n) is 12.8. The number of rotatable bonds is 7. The number of aliphatic carboxylic acids is 1. The summed E-state index contributed by atoms with van der Waals surface area (Å²) in [6.45, 7) is 1.98. The van der Waals surface area contributed by atoms with Crippen LogP contribution in [-0.4, -0.2) is 54.0 Å². The van der Waals surface area contributed by atoms with Crippen molar-refractivity contribution < 1.29 is 39.0 Å². The van der Waals surface area contributed by atoms with Gasteiger partial charge in [0.2, 0.25) is 0 Å². The smallest absolute Gasteiger partial charge is 0.469 e. The lowest BCUT2D eigenvalue weighted by Gasteiger charge is -2.16. The van der Waals surface area contributed by atoms with Crippen LogP contribution >= 0.6 is 7.82 Å². The summed E-state index contributed by atoms with van der Waals surface area (Å²) < 4.78 is 15.2. The number of carboxylic acids is 1. The van der Waals surface area contributed by atoms with Gasteiger partial charge in [0.05, 0.1) is 24.0 Å². The first-order chi connectivity index (χ1) is 10.9. The molecular weight excluding hydrogens is 345 g/mol. The van der Waals surface area contributed by atoms with Crippen molar-refractivity contribution in [1.29, 1.82) is 0 Å². The van der Waals surface area contributed by atoms with E-state index in [2.05, 4.69) is 14.5 Å². The van der Waals surface area contributed by atoms with Gasteiger partial charge >= 0.3 is 13.8 Å². The zero-order valence-corrected chi connectivity index (χ0v) is 13.7. The van der Waals surface area contributed by atoms with E-state index in [-0.39, 0.29) is 16.8 Å². The molecule has 24 heavy (non-hydrogen) atoms. The van der Waals surface area contributed by atoms with Gasteiger partial charge in [0, 0.05) is 11.8 Å². The Balaban J connectivity index is 3.36. The van der Waals surface area contributed by atoms with Crippen molar-refractivity contribution in [2.45, 2.75) is 32.6 Å². The second kappa shape index (κ2) is 7.69. The minimum atomic E-state index is -4.79. The molecule has 0 bridgehead atoms. The monoisotopic (exact) mass is 363 g/mol. The Morgan fingerprint density at radius 2 is 2.08 bits per heavy atom. The van der Waals surface area contributed by atoms with E-state index in [4.69, 9.17) is 20.6 Å². The van der Waals surface area contributed by atoms with Crippen LogP contribution < -0.4 is 5.73 Å². The molecule has 0 unspecified atom stereocenters. The fraction of sp³-hybridized carbons (Fsp3) is 0.417. The summed E-state index contributed by atoms with van der Waals surface area (Å²) in [6.07, 6.45) is -0.207. The number of hydrogen-bond acceptors (Lipinski definition) is 7. The number of amidine groups is 1. The van der Waals surface area contributed by atoms with Crippen molar-refractivity contribution in [2.75, 3.05) is 0 Å². The van der Waals surface area contributed by atoms with Gasteiger partial charge in [-0.1, -0.05) is 0 Å². The van der Waals surface area contributed by atoms with Gasteiger partial charge in [-0.2, -0.15) is 0 Å². The molecule has 0 radical (unpaired) electrons. The average Bonchev–Trinajstić information content (AvgIpc) is 2.44. The Kier molecular flexibility index (Phi) is 6.41. The van der Waals surface area contributed by atoms with Gasteiger partial charge in [0.25, 0.3) is 0 Å². The predicted octanol–water partition coefficient (Wildman–Crippen LogP) is -0.756. The molecule has 7 N–H and O–H groups in total. The van der Waals surface area contributed by atoms with Gasteiger partial charge in [-0.05, 0) is 13.8 Å². The standard InChI is InChI=1S/C12H18N3O8P/c1-5-10(17)8(7(3-14-5)4-23-24(20,21)22)11(13)15-9(6(2)16)12(18)19/h3,6,9,16-17H,4H2,1-2H3,(H2,13,15)(H,18,19)(H2,20,21,22)/t6-,9+/m1/s1. The largest absolute Gasteiger partial charge is 0.505 e. The second-order valence-corrected chi connectivity index (χ2v) is 6.13. The minimum absolute atomic E-state index is 0.0163. The van der Waals surface area contributed by atoms with Crippen LogP contribution in [-0.2, 0) is 20.5 Å². The Morgan fingerprint density at radius 3 is 2.54 bits per heavy atom. The third kappa shape index (κ3) is 5.25. The molecule has 0 spiro atoms. The van der Waals surface area contributed by atoms with Gasteiger partial charge in [-0.25, -0.2) is 9.36 Å². The lowest BCUT2D eigenvalue weighted by molar-refractivity contribution is -0.140. The fourth-order valence-electron chi connectivity index (χ4n) is 1.77. The van der Waals surface area contributed by atoms with Crippen molar-refractivity contribution in [1.82, 2.24) is 4.98 Å². The van der Waals surface area contributed by atoms with Crippen LogP contribution in [0.4, 0.5) is 0 Å². The molecule has 1 aromatic rings. The Morgan fingerprint density at radius 1 is 1.50 bits per heavy atom. The van der Waals surface area contributed by atoms with Crippen molar-refractivity contribution in [3.63, 3.8) is 0 Å². The van der Waals surface area contributed by atoms with Crippen molar-refractivity contribution >= 4 is 19.6 Å². The molecule has 0 saturated heterocycles. The number of nitrogens with zero attached hydrogens (tertiary/aromatic N) is 2. The van der Waals surface area contributed by atoms with E-state index >= 15 is 0 Å². The summed E-state index contributed by atoms with van der Waals surface area (Å²) in [4.78, 5) is 36.1. The number of phosphoric acid groups is 1. The molecule has 1 aromatic heterocycles. The van der Waals surface area contributed by atoms with Crippen LogP contribution in [0.25, 0.3) is 0 Å². The van der Waals surface area contributed by atoms with Crippen LogP contribution in [0.2, 0.25) is 0 Å². The number of carbonyl (C=O) groups is 1. The molecule has 0 aromatic carbocycles. The maximum atomic E-state index is 11.1. The van der Waals surface area contributed by atoms with Crippen molar-refractivity contribution in [3.8, 4) is 5.75 Å². The van der Waals surface area contributed by atoms with Crippen molar-refractivity contribution in [3.05, 3.63) is 23.0 Å². The van der Waals surface area contributed by atoms with Crippen LogP contribution in [0.5, 0.6) is 5.75 Å². The number of aliphatic hydroxyl groups excluding tert-OH is 1. The molecular formula is C12H18N3O8P. The molecule has 11 nitrogen and oxygen atoms in total. The third-order valence-corrected chi connectivity index (χ3v) is 3.41. The van der Waals surface area contributed by atoms with Gasteiger partial charge in [-0.15, -0.1) is 0 Å². The lowest BCUT2D eigenvalue weighted by atomic mass is 10.1. The van der Waals surface area contributed by atoms with E-state index in [1.807, 2.05) is 0 Å². The fourth-order valence-corrected chi connectivity index (χ4v) is 2.07. The SMILES string of the molecule is Cc1ncc(COP(=O)(O)O)c(C(N)=N[C@H](C(=O)O)[C@@H](C)O)c1O. The topological polar surface area (TPSA) is 196 Å². The highest BCUT2D eigenvalue weighted by Crippen LogP contribution is 2.38. The highest BCUT2D eigenvalue weighted by molar-refractivity contribution is 7.46. The molecule has 0 aliphatic carbocycles. The number of aromatic hydroxyl groups is 1. The number of hydrogen-bond donors (Lipinski definition) is 6. The zero-order chi connectivity index (χ0) is 18.7. The second-order valence-electron chi connectivity index (χ2n) is 4.89. The molecule has 12 heteroatoms. The number of carboxylic acid groups (broad SMARTS) is 1. The predicted molar refractivity (Wildman–Crippen MR) is 81.3 cm³/mol. The molecule has 1 rings (SSSR count). The number of pyridine rings is 1. The Labute approximate surface area is 136 Å². The minimum Gasteiger partial charge on any atom is -0.505 e. The summed E-state index contributed by atoms with van der Waals surface area (Å²) in [7, 11) is -4.79. The molecule has 0 aliphatic heterocycles. The summed E-state index contributed by atoms with van der Waals surface area (Å²) in [5.41, 5.74) is 5.66. The molecule has 0 saturated carbocycles. The molecule has 0 amide bonds. The van der Waals surface area contributed by atoms with E-state index in [1.165, 1.54) is 13.8 Å². The van der Waals surface area contributed by atoms with E-state index in [9.17, 15) is 19.6 Å². The van der Waals surface area contributed by atoms with Crippen LogP contribution in [0.15, 0.2) is 11.2 Å². The maximum absolute atomic E-state index is 11.1. The van der Waals surface area contributed by atoms with Gasteiger partial charge in [0.15, 0.2) is 6.04 Å². The molecule has 0 fully saturated rings. The summed E-state index contributed by atoms with van der Waals surface area (Å²) in [5, 5.41) is 28.5. The number of aliphatic hydroxyl groups is 1. The number of phosphoric ester groups is 1. The third-order valence-electron chi connectivity index (χ3n) is 2.95. The van der Waals surface area contributed by atoms with Crippen LogP contribution in [0.3, 0.4) is 0 Å². The maximum Gasteiger partial charge on any atom is 0.469 e. The Hall–Kier alpha value is -2.04. The van der Waals surface area contributed by atoms with E-state index in [0.29, 0.717) is 0 Å². The highest BCUT2D eigenvalue weighted by Gasteiger charge is 2.25. The average molecular weight is 363 g/mol. The number of aromatic nitrogens is 1. The first kappa shape index (κ1) is 20.0. The molecule has 1 heterocycles. The van der Waals surface area contributed by atoms with E-state index in [1.54, 1.807) is 0 Å². The highest BCUT2D eigenvalue weighted by atomic mass is 31.2. The van der Waals surface area contributed by atoms with Crippen LogP contribution in [0.1, 0.15) is 23.7 Å². The molecule has 134 valence electrons. The molecule has 0 aliphatic rings. The van der Waals surface area contributed by atoms with Gasteiger partial charge in [-0.3, -0.25) is 14.5 Å².